The molecule has 0 atom stereocenters. The molecule has 0 spiro atoms. The zero-order chi connectivity index (χ0) is 15.1. The van der Waals surface area contributed by atoms with Gasteiger partial charge in [0.05, 0.1) is 17.6 Å². The number of halogens is 1. The Balaban J connectivity index is 2.29. The Bertz CT molecular complexity index is 822. The van der Waals surface area contributed by atoms with E-state index in [1.807, 2.05) is 6.92 Å². The quantitative estimate of drug-likeness (QED) is 0.786. The number of hydrogen-bond acceptors (Lipinski definition) is 4. The zero-order valence-corrected chi connectivity index (χ0v) is 12.1. The molecule has 108 valence electrons. The van der Waals surface area contributed by atoms with Gasteiger partial charge in [-0.1, -0.05) is 13.8 Å². The first-order valence-electron chi connectivity index (χ1n) is 6.74. The third kappa shape index (κ3) is 2.22. The first kappa shape index (κ1) is 13.5. The minimum absolute atomic E-state index is 0.273. The Kier molecular flexibility index (Phi) is 3.08. The van der Waals surface area contributed by atoms with E-state index in [1.54, 1.807) is 16.8 Å². The molecule has 0 saturated heterocycles. The van der Waals surface area contributed by atoms with Crippen LogP contribution in [0.3, 0.4) is 0 Å². The Morgan fingerprint density at radius 1 is 1.24 bits per heavy atom. The zero-order valence-electron chi connectivity index (χ0n) is 12.1. The normalized spacial score (nSPS) is 11.5. The van der Waals surface area contributed by atoms with Gasteiger partial charge >= 0.3 is 0 Å². The van der Waals surface area contributed by atoms with Crippen molar-refractivity contribution in [2.24, 2.45) is 0 Å². The summed E-state index contributed by atoms with van der Waals surface area (Å²) in [6.07, 6.45) is 2.73. The van der Waals surface area contributed by atoms with Crippen LogP contribution in [0.4, 0.5) is 10.2 Å². The molecule has 0 unspecified atom stereocenters. The molecule has 3 heterocycles. The van der Waals surface area contributed by atoms with Crippen molar-refractivity contribution in [1.29, 1.82) is 0 Å². The van der Waals surface area contributed by atoms with Crippen molar-refractivity contribution < 1.29 is 4.39 Å². The van der Waals surface area contributed by atoms with Crippen LogP contribution >= 0.6 is 0 Å². The van der Waals surface area contributed by atoms with Gasteiger partial charge in [0.1, 0.15) is 11.6 Å². The molecule has 0 radical (unpaired) electrons. The van der Waals surface area contributed by atoms with E-state index in [2.05, 4.69) is 28.9 Å². The second kappa shape index (κ2) is 4.80. The molecule has 0 aliphatic heterocycles. The number of pyridine rings is 1. The fraction of sp³-hybridized carbons (Fsp3) is 0.267. The van der Waals surface area contributed by atoms with E-state index < -0.39 is 5.82 Å². The minimum atomic E-state index is -0.401. The van der Waals surface area contributed by atoms with Gasteiger partial charge in [0.15, 0.2) is 5.65 Å². The van der Waals surface area contributed by atoms with E-state index in [4.69, 9.17) is 5.73 Å². The van der Waals surface area contributed by atoms with Crippen LogP contribution in [-0.2, 0) is 0 Å². The number of fused-ring (bicyclic) bond motifs is 1. The SMILES string of the molecule is Cc1nn2c(N)cc(-c3cncc(F)c3)nc2c1C(C)C. The first-order chi connectivity index (χ1) is 9.97. The van der Waals surface area contributed by atoms with Crippen molar-refractivity contribution in [2.45, 2.75) is 26.7 Å². The summed E-state index contributed by atoms with van der Waals surface area (Å²) < 4.78 is 15.0. The lowest BCUT2D eigenvalue weighted by Crippen LogP contribution is -2.02. The Labute approximate surface area is 121 Å². The van der Waals surface area contributed by atoms with Gasteiger partial charge in [-0.3, -0.25) is 4.98 Å². The van der Waals surface area contributed by atoms with Gasteiger partial charge in [-0.2, -0.15) is 9.61 Å². The summed E-state index contributed by atoms with van der Waals surface area (Å²) in [6.45, 7) is 6.10. The fourth-order valence-corrected chi connectivity index (χ4v) is 2.54. The molecule has 3 rings (SSSR count). The molecule has 21 heavy (non-hydrogen) atoms. The van der Waals surface area contributed by atoms with Gasteiger partial charge in [-0.05, 0) is 18.9 Å². The molecule has 0 aromatic carbocycles. The lowest BCUT2D eigenvalue weighted by atomic mass is 10.0. The van der Waals surface area contributed by atoms with Gasteiger partial charge in [0.2, 0.25) is 0 Å². The second-order valence-electron chi connectivity index (χ2n) is 5.35. The Morgan fingerprint density at radius 3 is 2.67 bits per heavy atom. The predicted molar refractivity (Wildman–Crippen MR) is 79.4 cm³/mol. The fourth-order valence-electron chi connectivity index (χ4n) is 2.54. The lowest BCUT2D eigenvalue weighted by Gasteiger charge is -2.07. The molecule has 0 aliphatic carbocycles. The standard InChI is InChI=1S/C15H16FN5/c1-8(2)14-9(3)20-21-13(17)5-12(19-15(14)21)10-4-11(16)7-18-6-10/h4-8H,17H2,1-3H3. The topological polar surface area (TPSA) is 69.1 Å². The molecule has 0 amide bonds. The molecule has 3 aromatic heterocycles. The van der Waals surface area contributed by atoms with Crippen LogP contribution in [0.25, 0.3) is 16.9 Å². The van der Waals surface area contributed by atoms with Crippen molar-refractivity contribution >= 4 is 11.5 Å². The molecule has 2 N–H and O–H groups in total. The van der Waals surface area contributed by atoms with Gasteiger partial charge in [-0.15, -0.1) is 0 Å². The van der Waals surface area contributed by atoms with Crippen LogP contribution in [0, 0.1) is 12.7 Å². The van der Waals surface area contributed by atoms with Gasteiger partial charge in [0, 0.05) is 23.4 Å². The number of aryl methyl sites for hydroxylation is 1. The highest BCUT2D eigenvalue weighted by molar-refractivity contribution is 5.67. The molecule has 0 fully saturated rings. The van der Waals surface area contributed by atoms with Crippen LogP contribution in [0.1, 0.15) is 31.0 Å². The summed E-state index contributed by atoms with van der Waals surface area (Å²) in [6, 6.07) is 3.07. The van der Waals surface area contributed by atoms with Crippen LogP contribution in [0.5, 0.6) is 0 Å². The second-order valence-corrected chi connectivity index (χ2v) is 5.35. The van der Waals surface area contributed by atoms with Crippen molar-refractivity contribution in [3.05, 3.63) is 41.6 Å². The van der Waals surface area contributed by atoms with Crippen LogP contribution in [0.15, 0.2) is 24.5 Å². The van der Waals surface area contributed by atoms with Crippen molar-refractivity contribution in [2.75, 3.05) is 5.73 Å². The van der Waals surface area contributed by atoms with Crippen LogP contribution in [-0.4, -0.2) is 19.6 Å². The third-order valence-corrected chi connectivity index (χ3v) is 3.41. The number of nitrogen functional groups attached to an aromatic ring is 1. The molecule has 5 nitrogen and oxygen atoms in total. The highest BCUT2D eigenvalue weighted by Gasteiger charge is 2.17. The smallest absolute Gasteiger partial charge is 0.161 e. The molecule has 3 aromatic rings. The number of rotatable bonds is 2. The summed E-state index contributed by atoms with van der Waals surface area (Å²) >= 11 is 0. The summed E-state index contributed by atoms with van der Waals surface area (Å²) in [5.74, 6) is 0.339. The maximum absolute atomic E-state index is 13.3. The number of anilines is 1. The monoisotopic (exact) mass is 285 g/mol. The summed E-state index contributed by atoms with van der Waals surface area (Å²) in [4.78, 5) is 8.46. The minimum Gasteiger partial charge on any atom is -0.384 e. The number of nitrogens with two attached hydrogens (primary N) is 1. The Hall–Kier alpha value is -2.50. The summed E-state index contributed by atoms with van der Waals surface area (Å²) in [5.41, 5.74) is 9.91. The molecular formula is C15H16FN5. The third-order valence-electron chi connectivity index (χ3n) is 3.41. The van der Waals surface area contributed by atoms with Crippen LogP contribution < -0.4 is 5.73 Å². The first-order valence-corrected chi connectivity index (χ1v) is 6.74. The van der Waals surface area contributed by atoms with E-state index in [-0.39, 0.29) is 5.92 Å². The lowest BCUT2D eigenvalue weighted by molar-refractivity contribution is 0.622. The predicted octanol–water partition coefficient (Wildman–Crippen LogP) is 2.94. The van der Waals surface area contributed by atoms with Gasteiger partial charge in [-0.25, -0.2) is 9.37 Å². The van der Waals surface area contributed by atoms with E-state index in [0.717, 1.165) is 17.5 Å². The highest BCUT2D eigenvalue weighted by atomic mass is 19.1. The van der Waals surface area contributed by atoms with Gasteiger partial charge in [0.25, 0.3) is 0 Å². The number of nitrogens with zero attached hydrogens (tertiary/aromatic N) is 4. The van der Waals surface area contributed by atoms with E-state index >= 15 is 0 Å². The highest BCUT2D eigenvalue weighted by Crippen LogP contribution is 2.27. The molecular weight excluding hydrogens is 269 g/mol. The largest absolute Gasteiger partial charge is 0.384 e. The maximum atomic E-state index is 13.3. The van der Waals surface area contributed by atoms with Crippen molar-refractivity contribution in [3.8, 4) is 11.3 Å². The van der Waals surface area contributed by atoms with Crippen molar-refractivity contribution in [3.63, 3.8) is 0 Å². The molecule has 0 aliphatic rings. The van der Waals surface area contributed by atoms with E-state index in [0.29, 0.717) is 22.7 Å². The summed E-state index contributed by atoms with van der Waals surface area (Å²) in [7, 11) is 0. The van der Waals surface area contributed by atoms with E-state index in [1.165, 1.54) is 6.07 Å². The average Bonchev–Trinajstić information content (AvgIpc) is 2.75. The summed E-state index contributed by atoms with van der Waals surface area (Å²) in [5, 5.41) is 4.43. The average molecular weight is 285 g/mol. The molecule has 6 heteroatoms. The molecule has 0 saturated carbocycles. The van der Waals surface area contributed by atoms with E-state index in [9.17, 15) is 4.39 Å². The molecule has 0 bridgehead atoms. The van der Waals surface area contributed by atoms with Crippen LogP contribution in [0.2, 0.25) is 0 Å². The maximum Gasteiger partial charge on any atom is 0.161 e. The Morgan fingerprint density at radius 2 is 2.00 bits per heavy atom. The van der Waals surface area contributed by atoms with Crippen molar-refractivity contribution in [1.82, 2.24) is 19.6 Å². The number of aromatic nitrogens is 4. The number of hydrogen-bond donors (Lipinski definition) is 1. The van der Waals surface area contributed by atoms with Gasteiger partial charge < -0.3 is 5.73 Å².